The average molecular weight is 457 g/mol. The number of nitrogens with zero attached hydrogens (tertiary/aromatic N) is 2. The Kier molecular flexibility index (Phi) is 6.87. The number of carbonyl (C=O) groups is 1. The summed E-state index contributed by atoms with van der Waals surface area (Å²) in [6.07, 6.45) is 10.7. The molecule has 1 aromatic rings. The SMILES string of the molecule is C=C1C=CC(C(O)(P)N2CCCC2)=CCC2(CCCCO2)C(=O)N1c1ccc(OC)cc1. The van der Waals surface area contributed by atoms with Crippen LogP contribution in [0.15, 0.2) is 60.3 Å². The summed E-state index contributed by atoms with van der Waals surface area (Å²) >= 11 is 0. The molecule has 0 saturated carbocycles. The van der Waals surface area contributed by atoms with E-state index >= 15 is 0 Å². The molecule has 0 aromatic heterocycles. The molecule has 1 spiro atoms. The van der Waals surface area contributed by atoms with Gasteiger partial charge in [0.25, 0.3) is 5.91 Å². The molecule has 1 aromatic carbocycles. The van der Waals surface area contributed by atoms with Crippen molar-refractivity contribution in [1.29, 1.82) is 0 Å². The summed E-state index contributed by atoms with van der Waals surface area (Å²) in [4.78, 5) is 17.7. The van der Waals surface area contributed by atoms with Gasteiger partial charge in [0, 0.05) is 37.5 Å². The minimum absolute atomic E-state index is 0.122. The molecule has 3 unspecified atom stereocenters. The lowest BCUT2D eigenvalue weighted by Crippen LogP contribution is -2.52. The van der Waals surface area contributed by atoms with Crippen molar-refractivity contribution in [3.05, 3.63) is 60.3 Å². The largest absolute Gasteiger partial charge is 0.497 e. The number of anilines is 1. The van der Waals surface area contributed by atoms with Gasteiger partial charge in [0.15, 0.2) is 11.1 Å². The first-order valence-corrected chi connectivity index (χ1v) is 11.9. The third kappa shape index (κ3) is 4.42. The highest BCUT2D eigenvalue weighted by Crippen LogP contribution is 2.39. The second-order valence-corrected chi connectivity index (χ2v) is 9.55. The van der Waals surface area contributed by atoms with Gasteiger partial charge in [-0.1, -0.05) is 28.0 Å². The van der Waals surface area contributed by atoms with Crippen LogP contribution in [0, 0.1) is 0 Å². The zero-order valence-corrected chi connectivity index (χ0v) is 19.9. The van der Waals surface area contributed by atoms with E-state index in [9.17, 15) is 9.90 Å². The third-order valence-electron chi connectivity index (χ3n) is 6.68. The first-order valence-electron chi connectivity index (χ1n) is 11.3. The molecular weight excluding hydrogens is 423 g/mol. The van der Waals surface area contributed by atoms with Crippen molar-refractivity contribution in [2.75, 3.05) is 31.7 Å². The van der Waals surface area contributed by atoms with Crippen LogP contribution < -0.4 is 9.64 Å². The maximum atomic E-state index is 14.0. The summed E-state index contributed by atoms with van der Waals surface area (Å²) in [7, 11) is 4.22. The first-order chi connectivity index (χ1) is 15.4. The topological polar surface area (TPSA) is 62.2 Å². The molecule has 2 fully saturated rings. The Labute approximate surface area is 192 Å². The number of aliphatic hydroxyl groups is 1. The molecule has 4 rings (SSSR count). The second kappa shape index (κ2) is 9.48. The van der Waals surface area contributed by atoms with Gasteiger partial charge in [-0.15, -0.1) is 0 Å². The van der Waals surface area contributed by atoms with Gasteiger partial charge in [0.2, 0.25) is 0 Å². The summed E-state index contributed by atoms with van der Waals surface area (Å²) < 4.78 is 11.5. The lowest BCUT2D eigenvalue weighted by Gasteiger charge is -2.39. The zero-order chi connectivity index (χ0) is 22.8. The first kappa shape index (κ1) is 23.2. The Morgan fingerprint density at radius 3 is 2.50 bits per heavy atom. The van der Waals surface area contributed by atoms with Crippen LogP contribution in [0.4, 0.5) is 5.69 Å². The fourth-order valence-electron chi connectivity index (χ4n) is 4.73. The maximum Gasteiger partial charge on any atom is 0.264 e. The van der Waals surface area contributed by atoms with Crippen molar-refractivity contribution in [2.45, 2.75) is 49.6 Å². The minimum atomic E-state index is -1.19. The fourth-order valence-corrected chi connectivity index (χ4v) is 5.21. The molecule has 6 nitrogen and oxygen atoms in total. The summed E-state index contributed by atoms with van der Waals surface area (Å²) in [6, 6.07) is 7.38. The second-order valence-electron chi connectivity index (χ2n) is 8.75. The summed E-state index contributed by atoms with van der Waals surface area (Å²) in [5.41, 5.74) is -0.193. The van der Waals surface area contributed by atoms with E-state index in [4.69, 9.17) is 9.47 Å². The number of amides is 1. The van der Waals surface area contributed by atoms with Crippen LogP contribution in [0.25, 0.3) is 0 Å². The highest BCUT2D eigenvalue weighted by molar-refractivity contribution is 7.19. The number of likely N-dealkylation sites (tertiary alicyclic amines) is 1. The summed E-state index contributed by atoms with van der Waals surface area (Å²) in [6.45, 7) is 6.42. The van der Waals surface area contributed by atoms with Crippen LogP contribution in [0.3, 0.4) is 0 Å². The molecular formula is C25H33N2O4P. The standard InChI is InChI=1S/C25H33N2O4P/c1-19-7-8-20(25(29,32)26-16-4-5-17-26)13-15-24(14-3-6-18-31-24)23(28)27(19)21-9-11-22(30-2)12-10-21/h7-13,29H,1,3-6,14-18,32H2,2H3. The summed E-state index contributed by atoms with van der Waals surface area (Å²) in [5.74, 6) is 0.598. The molecule has 0 bridgehead atoms. The van der Waals surface area contributed by atoms with E-state index in [1.54, 1.807) is 18.1 Å². The van der Waals surface area contributed by atoms with Gasteiger partial charge < -0.3 is 14.6 Å². The van der Waals surface area contributed by atoms with Gasteiger partial charge in [-0.3, -0.25) is 14.6 Å². The number of hydrogen-bond acceptors (Lipinski definition) is 5. The van der Waals surface area contributed by atoms with Crippen LogP contribution in [0.5, 0.6) is 5.75 Å². The molecule has 1 amide bonds. The van der Waals surface area contributed by atoms with E-state index in [-0.39, 0.29) is 5.91 Å². The third-order valence-corrected chi connectivity index (χ3v) is 7.38. The predicted octanol–water partition coefficient (Wildman–Crippen LogP) is 3.98. The Balaban J connectivity index is 1.75. The molecule has 7 heteroatoms. The lowest BCUT2D eigenvalue weighted by atomic mass is 9.87. The van der Waals surface area contributed by atoms with Gasteiger partial charge in [-0.25, -0.2) is 0 Å². The average Bonchev–Trinajstić information content (AvgIpc) is 3.36. The molecule has 172 valence electrons. The number of benzene rings is 1. The van der Waals surface area contributed by atoms with E-state index in [0.717, 1.165) is 50.1 Å². The molecule has 0 aliphatic carbocycles. The smallest absolute Gasteiger partial charge is 0.264 e. The molecule has 3 atom stereocenters. The van der Waals surface area contributed by atoms with Gasteiger partial charge >= 0.3 is 0 Å². The van der Waals surface area contributed by atoms with E-state index in [2.05, 4.69) is 20.7 Å². The monoisotopic (exact) mass is 456 g/mol. The Bertz CT molecular complexity index is 910. The van der Waals surface area contributed by atoms with E-state index in [1.165, 1.54) is 0 Å². The van der Waals surface area contributed by atoms with Crippen LogP contribution in [0.2, 0.25) is 0 Å². The van der Waals surface area contributed by atoms with Crippen molar-refractivity contribution in [3.63, 3.8) is 0 Å². The van der Waals surface area contributed by atoms with Gasteiger partial charge in [-0.2, -0.15) is 0 Å². The molecule has 32 heavy (non-hydrogen) atoms. The minimum Gasteiger partial charge on any atom is -0.497 e. The van der Waals surface area contributed by atoms with Crippen molar-refractivity contribution in [3.8, 4) is 5.75 Å². The number of methoxy groups -OCH3 is 1. The lowest BCUT2D eigenvalue weighted by molar-refractivity contribution is -0.149. The highest BCUT2D eigenvalue weighted by atomic mass is 31.0. The van der Waals surface area contributed by atoms with Crippen LogP contribution in [-0.2, 0) is 9.53 Å². The zero-order valence-electron chi connectivity index (χ0n) is 18.8. The Hall–Kier alpha value is -1.98. The molecule has 3 aliphatic rings. The van der Waals surface area contributed by atoms with Gasteiger partial charge in [-0.05, 0) is 68.0 Å². The Morgan fingerprint density at radius 2 is 1.88 bits per heavy atom. The van der Waals surface area contributed by atoms with Crippen molar-refractivity contribution in [1.82, 2.24) is 4.90 Å². The Morgan fingerprint density at radius 1 is 1.16 bits per heavy atom. The van der Waals surface area contributed by atoms with Gasteiger partial charge in [0.05, 0.1) is 7.11 Å². The van der Waals surface area contributed by atoms with Crippen LogP contribution >= 0.6 is 9.24 Å². The number of rotatable bonds is 4. The summed E-state index contributed by atoms with van der Waals surface area (Å²) in [5, 5.41) is 11.4. The number of allylic oxidation sites excluding steroid dienone is 1. The number of hydrogen-bond donors (Lipinski definition) is 1. The van der Waals surface area contributed by atoms with Crippen LogP contribution in [-0.4, -0.2) is 53.8 Å². The molecule has 3 heterocycles. The number of carbonyl (C=O) groups excluding carboxylic acids is 1. The fraction of sp³-hybridized carbons (Fsp3) is 0.480. The molecule has 3 aliphatic heterocycles. The van der Waals surface area contributed by atoms with E-state index in [1.807, 2.05) is 36.4 Å². The molecule has 2 saturated heterocycles. The number of ether oxygens (including phenoxy) is 2. The maximum absolute atomic E-state index is 14.0. The van der Waals surface area contributed by atoms with E-state index in [0.29, 0.717) is 30.8 Å². The van der Waals surface area contributed by atoms with Crippen molar-refractivity contribution < 1.29 is 19.4 Å². The van der Waals surface area contributed by atoms with Crippen molar-refractivity contribution >= 4 is 20.8 Å². The molecule has 1 N–H and O–H groups in total. The highest BCUT2D eigenvalue weighted by Gasteiger charge is 2.45. The molecule has 0 radical (unpaired) electrons. The van der Waals surface area contributed by atoms with Crippen LogP contribution in [0.1, 0.15) is 38.5 Å². The van der Waals surface area contributed by atoms with E-state index < -0.39 is 11.1 Å². The normalized spacial score (nSPS) is 27.0. The quantitative estimate of drug-likeness (QED) is 0.695. The predicted molar refractivity (Wildman–Crippen MR) is 129 cm³/mol. The van der Waals surface area contributed by atoms with Gasteiger partial charge in [0.1, 0.15) is 5.75 Å². The van der Waals surface area contributed by atoms with Crippen molar-refractivity contribution in [2.24, 2.45) is 0 Å².